The van der Waals surface area contributed by atoms with Gasteiger partial charge in [-0.15, -0.1) is 0 Å². The van der Waals surface area contributed by atoms with Gasteiger partial charge in [0.15, 0.2) is 0 Å². The van der Waals surface area contributed by atoms with E-state index in [0.717, 1.165) is 36.6 Å². The summed E-state index contributed by atoms with van der Waals surface area (Å²) in [5.74, 6) is 0.890. The molecule has 1 N–H and O–H groups in total. The molecule has 152 valence electrons. The summed E-state index contributed by atoms with van der Waals surface area (Å²) in [6.07, 6.45) is 12.3. The van der Waals surface area contributed by atoms with E-state index in [1.807, 2.05) is 54.6 Å². The number of aliphatic hydroxyl groups is 1. The van der Waals surface area contributed by atoms with Crippen molar-refractivity contribution in [2.24, 2.45) is 10.2 Å². The molecule has 0 aliphatic carbocycles. The van der Waals surface area contributed by atoms with E-state index in [4.69, 9.17) is 9.84 Å². The number of hydrogen-bond donors (Lipinski definition) is 1. The minimum atomic E-state index is 0.339. The fourth-order valence-electron chi connectivity index (χ4n) is 3.04. The van der Waals surface area contributed by atoms with Gasteiger partial charge in [0.1, 0.15) is 5.75 Å². The van der Waals surface area contributed by atoms with Crippen molar-refractivity contribution in [1.29, 1.82) is 0 Å². The van der Waals surface area contributed by atoms with Gasteiger partial charge in [0.05, 0.1) is 18.0 Å². The van der Waals surface area contributed by atoms with Gasteiger partial charge in [-0.25, -0.2) is 0 Å². The Balaban J connectivity index is 1.49. The van der Waals surface area contributed by atoms with Crippen molar-refractivity contribution in [3.8, 4) is 5.75 Å². The quantitative estimate of drug-likeness (QED) is 0.258. The van der Waals surface area contributed by atoms with E-state index in [9.17, 15) is 0 Å². The van der Waals surface area contributed by atoms with Gasteiger partial charge >= 0.3 is 0 Å². The maximum atomic E-state index is 8.74. The number of hydrogen-bond acceptors (Lipinski definition) is 4. The molecule has 0 bridgehead atoms. The Morgan fingerprint density at radius 2 is 1.07 bits per heavy atom. The lowest BCUT2D eigenvalue weighted by molar-refractivity contribution is 0.282. The minimum Gasteiger partial charge on any atom is -0.494 e. The van der Waals surface area contributed by atoms with E-state index in [1.54, 1.807) is 0 Å². The van der Waals surface area contributed by atoms with Crippen LogP contribution in [-0.2, 0) is 0 Å². The summed E-state index contributed by atoms with van der Waals surface area (Å²) >= 11 is 0. The second kappa shape index (κ2) is 14.8. The molecule has 0 saturated carbocycles. The Hall–Kier alpha value is -2.20. The van der Waals surface area contributed by atoms with Crippen molar-refractivity contribution in [3.05, 3.63) is 54.6 Å². The molecule has 0 aliphatic rings. The third-order valence-corrected chi connectivity index (χ3v) is 4.70. The summed E-state index contributed by atoms with van der Waals surface area (Å²) in [5.41, 5.74) is 1.68. The minimum absolute atomic E-state index is 0.339. The highest BCUT2D eigenvalue weighted by atomic mass is 16.5. The van der Waals surface area contributed by atoms with Crippen molar-refractivity contribution >= 4 is 11.4 Å². The van der Waals surface area contributed by atoms with Gasteiger partial charge in [-0.3, -0.25) is 0 Å². The summed E-state index contributed by atoms with van der Waals surface area (Å²) in [4.78, 5) is 0. The van der Waals surface area contributed by atoms with Crippen LogP contribution in [0.4, 0.5) is 11.4 Å². The molecule has 0 amide bonds. The van der Waals surface area contributed by atoms with E-state index in [0.29, 0.717) is 6.61 Å². The molecule has 2 aromatic carbocycles. The molecule has 0 unspecified atom stereocenters. The molecule has 0 spiro atoms. The first-order chi connectivity index (χ1) is 13.9. The zero-order valence-corrected chi connectivity index (χ0v) is 16.9. The van der Waals surface area contributed by atoms with Crippen molar-refractivity contribution < 1.29 is 9.84 Å². The van der Waals surface area contributed by atoms with Gasteiger partial charge in [-0.1, -0.05) is 69.6 Å². The SMILES string of the molecule is OCCCCCCCCCCCCOc1ccc(N=Nc2ccccc2)cc1. The zero-order chi connectivity index (χ0) is 19.7. The topological polar surface area (TPSA) is 54.2 Å². The van der Waals surface area contributed by atoms with Gasteiger partial charge in [-0.2, -0.15) is 10.2 Å². The third-order valence-electron chi connectivity index (χ3n) is 4.70. The lowest BCUT2D eigenvalue weighted by atomic mass is 10.1. The maximum Gasteiger partial charge on any atom is 0.119 e. The summed E-state index contributed by atoms with van der Waals surface area (Å²) in [6, 6.07) is 17.5. The van der Waals surface area contributed by atoms with Crippen LogP contribution in [0.15, 0.2) is 64.8 Å². The number of benzene rings is 2. The van der Waals surface area contributed by atoms with Crippen LogP contribution in [0.1, 0.15) is 64.2 Å². The van der Waals surface area contributed by atoms with E-state index >= 15 is 0 Å². The van der Waals surface area contributed by atoms with E-state index in [1.165, 1.54) is 51.4 Å². The highest BCUT2D eigenvalue weighted by molar-refractivity contribution is 5.42. The number of azo groups is 1. The summed E-state index contributed by atoms with van der Waals surface area (Å²) < 4.78 is 5.81. The average molecular weight is 383 g/mol. The van der Waals surface area contributed by atoms with Crippen LogP contribution in [0.25, 0.3) is 0 Å². The second-order valence-electron chi connectivity index (χ2n) is 7.14. The van der Waals surface area contributed by atoms with Crippen LogP contribution in [-0.4, -0.2) is 18.3 Å². The first-order valence-electron chi connectivity index (χ1n) is 10.7. The Labute approximate surface area is 169 Å². The van der Waals surface area contributed by atoms with E-state index in [-0.39, 0.29) is 0 Å². The lowest BCUT2D eigenvalue weighted by Crippen LogP contribution is -1.96. The molecule has 2 rings (SSSR count). The lowest BCUT2D eigenvalue weighted by Gasteiger charge is -2.06. The Morgan fingerprint density at radius 3 is 1.64 bits per heavy atom. The van der Waals surface area contributed by atoms with Crippen LogP contribution >= 0.6 is 0 Å². The fourth-order valence-corrected chi connectivity index (χ4v) is 3.04. The van der Waals surface area contributed by atoms with Crippen molar-refractivity contribution in [3.63, 3.8) is 0 Å². The van der Waals surface area contributed by atoms with Gasteiger partial charge < -0.3 is 9.84 Å². The van der Waals surface area contributed by atoms with Crippen molar-refractivity contribution in [2.45, 2.75) is 64.2 Å². The molecule has 4 heteroatoms. The highest BCUT2D eigenvalue weighted by Gasteiger charge is 1.97. The largest absolute Gasteiger partial charge is 0.494 e. The van der Waals surface area contributed by atoms with Crippen molar-refractivity contribution in [1.82, 2.24) is 0 Å². The molecule has 0 aliphatic heterocycles. The molecule has 0 aromatic heterocycles. The summed E-state index contributed by atoms with van der Waals surface area (Å²) in [5, 5.41) is 17.2. The standard InChI is InChI=1S/C24H34N2O2/c27-20-12-7-5-3-1-2-4-6-8-13-21-28-24-18-16-23(17-19-24)26-25-22-14-10-9-11-15-22/h9-11,14-19,27H,1-8,12-13,20-21H2. The number of rotatable bonds is 15. The van der Waals surface area contributed by atoms with Crippen LogP contribution < -0.4 is 4.74 Å². The van der Waals surface area contributed by atoms with Crippen LogP contribution in [0.2, 0.25) is 0 Å². The van der Waals surface area contributed by atoms with Crippen molar-refractivity contribution in [2.75, 3.05) is 13.2 Å². The highest BCUT2D eigenvalue weighted by Crippen LogP contribution is 2.21. The molecular weight excluding hydrogens is 348 g/mol. The molecule has 0 heterocycles. The fraction of sp³-hybridized carbons (Fsp3) is 0.500. The van der Waals surface area contributed by atoms with Gasteiger partial charge in [-0.05, 0) is 49.2 Å². The number of nitrogens with zero attached hydrogens (tertiary/aromatic N) is 2. The smallest absolute Gasteiger partial charge is 0.119 e. The number of unbranched alkanes of at least 4 members (excludes halogenated alkanes) is 9. The predicted octanol–water partition coefficient (Wildman–Crippen LogP) is 7.37. The Bertz CT molecular complexity index is 641. The average Bonchev–Trinajstić information content (AvgIpc) is 2.74. The van der Waals surface area contributed by atoms with Crippen LogP contribution in [0.3, 0.4) is 0 Å². The van der Waals surface area contributed by atoms with E-state index < -0.39 is 0 Å². The second-order valence-corrected chi connectivity index (χ2v) is 7.14. The normalized spacial score (nSPS) is 11.2. The first-order valence-corrected chi connectivity index (χ1v) is 10.7. The number of ether oxygens (including phenoxy) is 1. The molecule has 4 nitrogen and oxygen atoms in total. The zero-order valence-electron chi connectivity index (χ0n) is 16.9. The monoisotopic (exact) mass is 382 g/mol. The molecule has 0 radical (unpaired) electrons. The van der Waals surface area contributed by atoms with Crippen LogP contribution in [0.5, 0.6) is 5.75 Å². The Kier molecular flexibility index (Phi) is 11.7. The Morgan fingerprint density at radius 1 is 0.571 bits per heavy atom. The molecule has 0 atom stereocenters. The van der Waals surface area contributed by atoms with E-state index in [2.05, 4.69) is 10.2 Å². The summed E-state index contributed by atoms with van der Waals surface area (Å²) in [7, 11) is 0. The van der Waals surface area contributed by atoms with Gasteiger partial charge in [0.25, 0.3) is 0 Å². The molecule has 28 heavy (non-hydrogen) atoms. The predicted molar refractivity (Wildman–Crippen MR) is 116 cm³/mol. The maximum absolute atomic E-state index is 8.74. The summed E-state index contributed by atoms with van der Waals surface area (Å²) in [6.45, 7) is 1.11. The molecular formula is C24H34N2O2. The van der Waals surface area contributed by atoms with Gasteiger partial charge in [0, 0.05) is 6.61 Å². The molecule has 0 saturated heterocycles. The number of aliphatic hydroxyl groups excluding tert-OH is 1. The first kappa shape index (κ1) is 22.1. The molecule has 0 fully saturated rings. The third kappa shape index (κ3) is 10.2. The van der Waals surface area contributed by atoms with Gasteiger partial charge in [0.2, 0.25) is 0 Å². The molecule has 2 aromatic rings. The van der Waals surface area contributed by atoms with Crippen LogP contribution in [0, 0.1) is 0 Å².